The van der Waals surface area contributed by atoms with Crippen LogP contribution in [0.5, 0.6) is 0 Å². The molecule has 1 aliphatic rings. The van der Waals surface area contributed by atoms with Crippen molar-refractivity contribution in [3.63, 3.8) is 0 Å². The van der Waals surface area contributed by atoms with E-state index < -0.39 is 11.5 Å². The number of carbonyl (C=O) groups excluding carboxylic acids is 1. The predicted molar refractivity (Wildman–Crippen MR) is 61.7 cm³/mol. The minimum Gasteiger partial charge on any atom is -0.481 e. The first-order valence-corrected chi connectivity index (χ1v) is 5.68. The Morgan fingerprint density at radius 3 is 2.71 bits per heavy atom. The molecule has 2 N–H and O–H groups in total. The zero-order valence-electron chi connectivity index (χ0n) is 10.5. The largest absolute Gasteiger partial charge is 0.481 e. The summed E-state index contributed by atoms with van der Waals surface area (Å²) in [7, 11) is 1.71. The summed E-state index contributed by atoms with van der Waals surface area (Å²) >= 11 is 0. The second kappa shape index (κ2) is 5.46. The standard InChI is InChI=1S/C11H20N2O4/c1-11(2,12-3)10(16)13-4-5-17-7-8(13)6-9(14)15/h8,12H,4-7H2,1-3H3,(H,14,15). The minimum atomic E-state index is -0.916. The fraction of sp³-hybridized carbons (Fsp3) is 0.818. The summed E-state index contributed by atoms with van der Waals surface area (Å²) in [6.07, 6.45) is -0.0778. The predicted octanol–water partition coefficient (Wildman–Crippen LogP) is -0.313. The van der Waals surface area contributed by atoms with E-state index in [0.29, 0.717) is 13.2 Å². The Labute approximate surface area is 101 Å². The number of carboxylic acids is 1. The molecule has 1 unspecified atom stereocenters. The summed E-state index contributed by atoms with van der Waals surface area (Å²) in [5.41, 5.74) is -0.686. The molecule has 1 heterocycles. The first-order chi connectivity index (χ1) is 7.88. The summed E-state index contributed by atoms with van der Waals surface area (Å²) in [5, 5.41) is 11.7. The fourth-order valence-corrected chi connectivity index (χ4v) is 1.76. The first kappa shape index (κ1) is 13.9. The third-order valence-corrected chi connectivity index (χ3v) is 3.06. The van der Waals surface area contributed by atoms with Crippen LogP contribution in [0, 0.1) is 0 Å². The van der Waals surface area contributed by atoms with Gasteiger partial charge in [0.2, 0.25) is 5.91 Å². The topological polar surface area (TPSA) is 78.9 Å². The van der Waals surface area contributed by atoms with E-state index in [2.05, 4.69) is 5.32 Å². The van der Waals surface area contributed by atoms with Gasteiger partial charge in [-0.25, -0.2) is 0 Å². The number of amides is 1. The van der Waals surface area contributed by atoms with Gasteiger partial charge in [0.05, 0.1) is 31.2 Å². The molecule has 0 aromatic rings. The zero-order chi connectivity index (χ0) is 13.1. The van der Waals surface area contributed by atoms with E-state index in [0.717, 1.165) is 0 Å². The van der Waals surface area contributed by atoms with Gasteiger partial charge in [-0.1, -0.05) is 0 Å². The molecule has 1 atom stereocenters. The molecule has 0 bridgehead atoms. The molecule has 98 valence electrons. The number of hydrogen-bond acceptors (Lipinski definition) is 4. The number of nitrogens with one attached hydrogen (secondary N) is 1. The lowest BCUT2D eigenvalue weighted by Crippen LogP contribution is -2.59. The van der Waals surface area contributed by atoms with E-state index in [-0.39, 0.29) is 25.0 Å². The summed E-state index contributed by atoms with van der Waals surface area (Å²) < 4.78 is 5.23. The van der Waals surface area contributed by atoms with Crippen LogP contribution in [0.4, 0.5) is 0 Å². The summed E-state index contributed by atoms with van der Waals surface area (Å²) in [4.78, 5) is 24.6. The third kappa shape index (κ3) is 3.41. The number of carboxylic acid groups (broad SMARTS) is 1. The van der Waals surface area contributed by atoms with Crippen molar-refractivity contribution in [3.05, 3.63) is 0 Å². The summed E-state index contributed by atoms with van der Waals surface area (Å²) in [6.45, 7) is 4.76. The molecule has 1 rings (SSSR count). The number of ether oxygens (including phenoxy) is 1. The number of aliphatic carboxylic acids is 1. The highest BCUT2D eigenvalue weighted by Gasteiger charge is 2.36. The molecular weight excluding hydrogens is 224 g/mol. The van der Waals surface area contributed by atoms with E-state index in [1.54, 1.807) is 25.8 Å². The van der Waals surface area contributed by atoms with Crippen molar-refractivity contribution in [1.82, 2.24) is 10.2 Å². The quantitative estimate of drug-likeness (QED) is 0.709. The fourth-order valence-electron chi connectivity index (χ4n) is 1.76. The molecule has 1 aliphatic heterocycles. The average Bonchev–Trinajstić information content (AvgIpc) is 2.28. The minimum absolute atomic E-state index is 0.0778. The monoisotopic (exact) mass is 244 g/mol. The third-order valence-electron chi connectivity index (χ3n) is 3.06. The molecule has 0 saturated carbocycles. The Hall–Kier alpha value is -1.14. The number of likely N-dealkylation sites (N-methyl/N-ethyl adjacent to an activating group) is 1. The second-order valence-electron chi connectivity index (χ2n) is 4.70. The number of rotatable bonds is 4. The number of morpholine rings is 1. The summed E-state index contributed by atoms with van der Waals surface area (Å²) in [5.74, 6) is -1.00. The van der Waals surface area contributed by atoms with Crippen LogP contribution in [0.2, 0.25) is 0 Å². The lowest BCUT2D eigenvalue weighted by Gasteiger charge is -2.39. The second-order valence-corrected chi connectivity index (χ2v) is 4.70. The van der Waals surface area contributed by atoms with Crippen LogP contribution in [0.25, 0.3) is 0 Å². The molecule has 0 aromatic heterocycles. The van der Waals surface area contributed by atoms with Gasteiger partial charge < -0.3 is 20.1 Å². The Kier molecular flexibility index (Phi) is 4.47. The van der Waals surface area contributed by atoms with Gasteiger partial charge in [-0.15, -0.1) is 0 Å². The van der Waals surface area contributed by atoms with Crippen LogP contribution in [-0.4, -0.2) is 60.3 Å². The van der Waals surface area contributed by atoms with E-state index >= 15 is 0 Å². The Morgan fingerprint density at radius 1 is 1.53 bits per heavy atom. The van der Waals surface area contributed by atoms with Gasteiger partial charge in [0.15, 0.2) is 0 Å². The number of nitrogens with zero attached hydrogens (tertiary/aromatic N) is 1. The maximum absolute atomic E-state index is 12.3. The maximum Gasteiger partial charge on any atom is 0.305 e. The van der Waals surface area contributed by atoms with Crippen molar-refractivity contribution >= 4 is 11.9 Å². The van der Waals surface area contributed by atoms with Gasteiger partial charge in [-0.2, -0.15) is 0 Å². The van der Waals surface area contributed by atoms with E-state index in [1.165, 1.54) is 0 Å². The molecule has 6 nitrogen and oxygen atoms in total. The van der Waals surface area contributed by atoms with Crippen molar-refractivity contribution in [2.24, 2.45) is 0 Å². The van der Waals surface area contributed by atoms with Crippen LogP contribution in [0.1, 0.15) is 20.3 Å². The van der Waals surface area contributed by atoms with Crippen LogP contribution >= 0.6 is 0 Å². The molecule has 0 radical (unpaired) electrons. The molecule has 0 spiro atoms. The number of hydrogen-bond donors (Lipinski definition) is 2. The van der Waals surface area contributed by atoms with Crippen LogP contribution in [0.3, 0.4) is 0 Å². The van der Waals surface area contributed by atoms with Gasteiger partial charge in [0.25, 0.3) is 0 Å². The zero-order valence-corrected chi connectivity index (χ0v) is 10.5. The SMILES string of the molecule is CNC(C)(C)C(=O)N1CCOCC1CC(=O)O. The molecule has 1 fully saturated rings. The van der Waals surface area contributed by atoms with E-state index in [1.807, 2.05) is 0 Å². The average molecular weight is 244 g/mol. The van der Waals surface area contributed by atoms with Crippen molar-refractivity contribution < 1.29 is 19.4 Å². The van der Waals surface area contributed by atoms with Gasteiger partial charge >= 0.3 is 5.97 Å². The first-order valence-electron chi connectivity index (χ1n) is 5.68. The molecule has 0 aromatic carbocycles. The lowest BCUT2D eigenvalue weighted by atomic mass is 10.0. The molecule has 6 heteroatoms. The van der Waals surface area contributed by atoms with Gasteiger partial charge in [-0.3, -0.25) is 9.59 Å². The Bertz CT molecular complexity index is 304. The van der Waals surface area contributed by atoms with E-state index in [9.17, 15) is 9.59 Å². The number of carbonyl (C=O) groups is 2. The Morgan fingerprint density at radius 2 is 2.18 bits per heavy atom. The molecule has 0 aliphatic carbocycles. The van der Waals surface area contributed by atoms with Gasteiger partial charge in [0, 0.05) is 6.54 Å². The molecule has 17 heavy (non-hydrogen) atoms. The highest BCUT2D eigenvalue weighted by Crippen LogP contribution is 2.16. The normalized spacial score (nSPS) is 21.4. The lowest BCUT2D eigenvalue weighted by molar-refractivity contribution is -0.150. The highest BCUT2D eigenvalue weighted by atomic mass is 16.5. The van der Waals surface area contributed by atoms with Crippen molar-refractivity contribution in [2.45, 2.75) is 31.8 Å². The summed E-state index contributed by atoms with van der Waals surface area (Å²) in [6, 6.07) is -0.374. The molecular formula is C11H20N2O4. The van der Waals surface area contributed by atoms with Gasteiger partial charge in [-0.05, 0) is 20.9 Å². The van der Waals surface area contributed by atoms with Crippen LogP contribution < -0.4 is 5.32 Å². The van der Waals surface area contributed by atoms with E-state index in [4.69, 9.17) is 9.84 Å². The van der Waals surface area contributed by atoms with Crippen molar-refractivity contribution in [2.75, 3.05) is 26.8 Å². The van der Waals surface area contributed by atoms with Crippen LogP contribution in [0.15, 0.2) is 0 Å². The molecule has 1 amide bonds. The van der Waals surface area contributed by atoms with Crippen molar-refractivity contribution in [1.29, 1.82) is 0 Å². The van der Waals surface area contributed by atoms with Crippen LogP contribution in [-0.2, 0) is 14.3 Å². The van der Waals surface area contributed by atoms with Crippen molar-refractivity contribution in [3.8, 4) is 0 Å². The smallest absolute Gasteiger partial charge is 0.305 e. The van der Waals surface area contributed by atoms with Gasteiger partial charge in [0.1, 0.15) is 0 Å². The molecule has 1 saturated heterocycles. The maximum atomic E-state index is 12.3. The highest BCUT2D eigenvalue weighted by molar-refractivity contribution is 5.86. The Balaban J connectivity index is 2.77.